The maximum Gasteiger partial charge on any atom is 0.407 e. The molecule has 33 heavy (non-hydrogen) atoms. The first-order valence-electron chi connectivity index (χ1n) is 11.6. The molecular weight excluding hydrogens is 446 g/mol. The van der Waals surface area contributed by atoms with Crippen LogP contribution in [0.2, 0.25) is 0 Å². The lowest BCUT2D eigenvalue weighted by Gasteiger charge is -2.37. The molecule has 11 heteroatoms. The zero-order valence-corrected chi connectivity index (χ0v) is 21.2. The van der Waals surface area contributed by atoms with Gasteiger partial charge in [-0.05, 0) is 59.3 Å². The zero-order valence-electron chi connectivity index (χ0n) is 20.3. The topological polar surface area (TPSA) is 114 Å². The quantitative estimate of drug-likeness (QED) is 0.684. The summed E-state index contributed by atoms with van der Waals surface area (Å²) in [5, 5.41) is 2.88. The van der Waals surface area contributed by atoms with Gasteiger partial charge in [-0.25, -0.2) is 18.2 Å². The molecule has 186 valence electrons. The minimum atomic E-state index is -3.64. The number of sulfonamides is 1. The van der Waals surface area contributed by atoms with Crippen LogP contribution in [0.5, 0.6) is 0 Å². The summed E-state index contributed by atoms with van der Waals surface area (Å²) in [4.78, 5) is 30.9. The Morgan fingerprint density at radius 3 is 2.24 bits per heavy atom. The van der Waals surface area contributed by atoms with Crippen molar-refractivity contribution in [1.82, 2.24) is 24.1 Å². The molecule has 10 nitrogen and oxygen atoms in total. The number of likely N-dealkylation sites (tertiary alicyclic amines) is 1. The van der Waals surface area contributed by atoms with Crippen LogP contribution in [0.4, 0.5) is 4.79 Å². The van der Waals surface area contributed by atoms with E-state index in [2.05, 4.69) is 10.3 Å². The molecule has 2 aliphatic rings. The smallest absolute Gasteiger partial charge is 0.407 e. The Kier molecular flexibility index (Phi) is 7.73. The summed E-state index contributed by atoms with van der Waals surface area (Å²) < 4.78 is 34.1. The molecule has 1 N–H and O–H groups in total. The van der Waals surface area contributed by atoms with Crippen LogP contribution in [0.3, 0.4) is 0 Å². The van der Waals surface area contributed by atoms with Gasteiger partial charge in [0.05, 0.1) is 0 Å². The monoisotopic (exact) mass is 483 g/mol. The van der Waals surface area contributed by atoms with E-state index in [1.807, 2.05) is 25.7 Å². The van der Waals surface area contributed by atoms with Crippen molar-refractivity contribution in [1.29, 1.82) is 0 Å². The van der Waals surface area contributed by atoms with E-state index in [1.165, 1.54) is 10.5 Å². The molecule has 2 amide bonds. The van der Waals surface area contributed by atoms with Crippen LogP contribution >= 0.6 is 0 Å². The van der Waals surface area contributed by atoms with Crippen LogP contribution in [-0.4, -0.2) is 77.5 Å². The van der Waals surface area contributed by atoms with E-state index in [0.717, 1.165) is 12.8 Å². The molecular formula is C22H37N5O5S. The standard InChI is InChI=1S/C22H37N5O5S/c1-16-24-19(15-25(16)5)33(30,31)27-12-8-18(9-13-27)20(28)26-10-6-17(7-11-26)14-23-21(29)32-22(2,3)4/h15,17-18H,6-14H2,1-5H3,(H,23,29). The number of nitrogens with zero attached hydrogens (tertiary/aromatic N) is 4. The molecule has 0 unspecified atom stereocenters. The normalized spacial score (nSPS) is 19.5. The van der Waals surface area contributed by atoms with Gasteiger partial charge in [-0.15, -0.1) is 0 Å². The molecule has 0 aliphatic carbocycles. The van der Waals surface area contributed by atoms with Crippen molar-refractivity contribution in [3.05, 3.63) is 12.0 Å². The molecule has 0 saturated carbocycles. The number of hydrogen-bond donors (Lipinski definition) is 1. The third-order valence-electron chi connectivity index (χ3n) is 6.35. The third kappa shape index (κ3) is 6.47. The van der Waals surface area contributed by atoms with E-state index < -0.39 is 21.7 Å². The molecule has 1 aromatic heterocycles. The number of amides is 2. The number of piperidine rings is 2. The lowest BCUT2D eigenvalue weighted by atomic mass is 9.92. The number of imidazole rings is 1. The van der Waals surface area contributed by atoms with Gasteiger partial charge in [-0.3, -0.25) is 4.79 Å². The number of carbonyl (C=O) groups excluding carboxylic acids is 2. The molecule has 3 rings (SSSR count). The van der Waals surface area contributed by atoms with E-state index in [-0.39, 0.29) is 16.9 Å². The molecule has 3 heterocycles. The summed E-state index contributed by atoms with van der Waals surface area (Å²) in [6, 6.07) is 0. The molecule has 1 aromatic rings. The number of nitrogens with one attached hydrogen (secondary N) is 1. The number of ether oxygens (including phenoxy) is 1. The number of hydrogen-bond acceptors (Lipinski definition) is 6. The highest BCUT2D eigenvalue weighted by atomic mass is 32.2. The van der Waals surface area contributed by atoms with Crippen LogP contribution in [0, 0.1) is 18.8 Å². The molecule has 0 radical (unpaired) electrons. The van der Waals surface area contributed by atoms with E-state index in [1.54, 1.807) is 18.5 Å². The Labute approximate surface area is 196 Å². The number of carbonyl (C=O) groups is 2. The summed E-state index contributed by atoms with van der Waals surface area (Å²) >= 11 is 0. The van der Waals surface area contributed by atoms with Gasteiger partial charge < -0.3 is 19.5 Å². The predicted molar refractivity (Wildman–Crippen MR) is 123 cm³/mol. The van der Waals surface area contributed by atoms with Crippen molar-refractivity contribution in [2.75, 3.05) is 32.7 Å². The average molecular weight is 484 g/mol. The Balaban J connectivity index is 1.44. The summed E-state index contributed by atoms with van der Waals surface area (Å²) in [5.41, 5.74) is -0.522. The van der Waals surface area contributed by atoms with E-state index >= 15 is 0 Å². The zero-order chi connectivity index (χ0) is 24.4. The van der Waals surface area contributed by atoms with Gasteiger partial charge in [0.1, 0.15) is 11.4 Å². The average Bonchev–Trinajstić information content (AvgIpc) is 3.10. The van der Waals surface area contributed by atoms with Gasteiger partial charge in [0.25, 0.3) is 10.0 Å². The minimum Gasteiger partial charge on any atom is -0.444 e. The molecule has 0 atom stereocenters. The Bertz CT molecular complexity index is 933. The molecule has 0 spiro atoms. The highest BCUT2D eigenvalue weighted by molar-refractivity contribution is 7.89. The van der Waals surface area contributed by atoms with Crippen LogP contribution in [0.15, 0.2) is 11.2 Å². The number of aromatic nitrogens is 2. The van der Waals surface area contributed by atoms with Gasteiger partial charge in [0.2, 0.25) is 5.91 Å². The van der Waals surface area contributed by atoms with Crippen molar-refractivity contribution in [2.45, 2.75) is 64.0 Å². The maximum atomic E-state index is 13.0. The minimum absolute atomic E-state index is 0.0642. The first kappa shape index (κ1) is 25.5. The molecule has 2 saturated heterocycles. The van der Waals surface area contributed by atoms with Gasteiger partial charge >= 0.3 is 6.09 Å². The Hall–Kier alpha value is -2.14. The lowest BCUT2D eigenvalue weighted by Crippen LogP contribution is -2.47. The number of rotatable bonds is 5. The van der Waals surface area contributed by atoms with E-state index in [4.69, 9.17) is 4.74 Å². The maximum absolute atomic E-state index is 13.0. The van der Waals surface area contributed by atoms with Crippen LogP contribution in [0.25, 0.3) is 0 Å². The largest absolute Gasteiger partial charge is 0.444 e. The van der Waals surface area contributed by atoms with Crippen molar-refractivity contribution in [2.24, 2.45) is 18.9 Å². The third-order valence-corrected chi connectivity index (χ3v) is 8.12. The van der Waals surface area contributed by atoms with E-state index in [0.29, 0.717) is 57.3 Å². The van der Waals surface area contributed by atoms with Gasteiger partial charge in [0, 0.05) is 51.9 Å². The Morgan fingerprint density at radius 2 is 1.73 bits per heavy atom. The fourth-order valence-electron chi connectivity index (χ4n) is 4.28. The van der Waals surface area contributed by atoms with Crippen molar-refractivity contribution >= 4 is 22.0 Å². The predicted octanol–water partition coefficient (Wildman–Crippen LogP) is 1.89. The number of alkyl carbamates (subject to hydrolysis) is 1. The van der Waals surface area contributed by atoms with Crippen molar-refractivity contribution in [3.63, 3.8) is 0 Å². The number of aryl methyl sites for hydroxylation is 2. The molecule has 0 bridgehead atoms. The lowest BCUT2D eigenvalue weighted by molar-refractivity contribution is -0.138. The SMILES string of the molecule is Cc1nc(S(=O)(=O)N2CCC(C(=O)N3CCC(CNC(=O)OC(C)(C)C)CC3)CC2)cn1C. The van der Waals surface area contributed by atoms with Gasteiger partial charge in [0.15, 0.2) is 5.03 Å². The first-order chi connectivity index (χ1) is 15.4. The highest BCUT2D eigenvalue weighted by Crippen LogP contribution is 2.27. The van der Waals surface area contributed by atoms with Crippen LogP contribution < -0.4 is 5.32 Å². The second kappa shape index (κ2) is 10.0. The van der Waals surface area contributed by atoms with Crippen LogP contribution in [-0.2, 0) is 26.6 Å². The fourth-order valence-corrected chi connectivity index (χ4v) is 5.78. The Morgan fingerprint density at radius 1 is 1.12 bits per heavy atom. The van der Waals surface area contributed by atoms with Crippen molar-refractivity contribution < 1.29 is 22.7 Å². The molecule has 2 aliphatic heterocycles. The summed E-state index contributed by atoms with van der Waals surface area (Å²) in [6.45, 7) is 9.76. The summed E-state index contributed by atoms with van der Waals surface area (Å²) in [7, 11) is -1.87. The highest BCUT2D eigenvalue weighted by Gasteiger charge is 2.36. The molecule has 2 fully saturated rings. The summed E-state index contributed by atoms with van der Waals surface area (Å²) in [5.74, 6) is 0.913. The van der Waals surface area contributed by atoms with Gasteiger partial charge in [-0.2, -0.15) is 4.31 Å². The van der Waals surface area contributed by atoms with Gasteiger partial charge in [-0.1, -0.05) is 0 Å². The summed E-state index contributed by atoms with van der Waals surface area (Å²) in [6.07, 6.45) is 3.81. The van der Waals surface area contributed by atoms with E-state index in [9.17, 15) is 18.0 Å². The van der Waals surface area contributed by atoms with Crippen LogP contribution in [0.1, 0.15) is 52.3 Å². The van der Waals surface area contributed by atoms with Crippen molar-refractivity contribution in [3.8, 4) is 0 Å². The first-order valence-corrected chi connectivity index (χ1v) is 13.1. The molecule has 0 aromatic carbocycles. The second-order valence-electron chi connectivity index (χ2n) is 10.1. The second-order valence-corrected chi connectivity index (χ2v) is 12.0. The fraction of sp³-hybridized carbons (Fsp3) is 0.773.